The van der Waals surface area contributed by atoms with E-state index in [0.29, 0.717) is 6.04 Å². The van der Waals surface area contributed by atoms with E-state index in [0.717, 1.165) is 25.0 Å². The van der Waals surface area contributed by atoms with E-state index < -0.39 is 0 Å². The molecule has 2 nitrogen and oxygen atoms in total. The maximum Gasteiger partial charge on any atom is 0.118 e. The normalized spacial score (nSPS) is 19.6. The molecule has 0 saturated carbocycles. The molecule has 2 N–H and O–H groups in total. The average Bonchev–Trinajstić information content (AvgIpc) is 2.73. The van der Waals surface area contributed by atoms with Gasteiger partial charge in [-0.1, -0.05) is 23.8 Å². The van der Waals surface area contributed by atoms with Gasteiger partial charge in [0.25, 0.3) is 0 Å². The second-order valence-corrected chi connectivity index (χ2v) is 4.38. The van der Waals surface area contributed by atoms with Gasteiger partial charge in [0, 0.05) is 6.04 Å². The number of rotatable bonds is 4. The molecule has 0 heterocycles. The van der Waals surface area contributed by atoms with E-state index in [9.17, 15) is 0 Å². The third-order valence-corrected chi connectivity index (χ3v) is 3.14. The molecule has 0 bridgehead atoms. The molecule has 1 unspecified atom stereocenters. The molecule has 0 aliphatic heterocycles. The molecular weight excluding hydrogens is 198 g/mol. The summed E-state index contributed by atoms with van der Waals surface area (Å²) in [7, 11) is 1.69. The van der Waals surface area contributed by atoms with E-state index in [1.54, 1.807) is 7.11 Å². The van der Waals surface area contributed by atoms with E-state index in [-0.39, 0.29) is 0 Å². The largest absolute Gasteiger partial charge is 0.497 e. The van der Waals surface area contributed by atoms with Gasteiger partial charge in [-0.05, 0) is 43.4 Å². The summed E-state index contributed by atoms with van der Waals surface area (Å²) in [6.07, 6.45) is 6.77. The Balaban J connectivity index is 1.87. The fourth-order valence-electron chi connectivity index (χ4n) is 2.13. The minimum Gasteiger partial charge on any atom is -0.497 e. The zero-order valence-corrected chi connectivity index (χ0v) is 9.78. The van der Waals surface area contributed by atoms with Gasteiger partial charge in [0.2, 0.25) is 0 Å². The molecule has 0 amide bonds. The second-order valence-electron chi connectivity index (χ2n) is 4.38. The number of ether oxygens (including phenoxy) is 1. The van der Waals surface area contributed by atoms with Crippen molar-refractivity contribution in [1.82, 2.24) is 0 Å². The topological polar surface area (TPSA) is 35.2 Å². The smallest absolute Gasteiger partial charge is 0.118 e. The SMILES string of the molecule is COc1ccc(CCC2=CC(N)CC2)cc1. The van der Waals surface area contributed by atoms with E-state index >= 15 is 0 Å². The molecule has 1 atom stereocenters. The molecule has 0 radical (unpaired) electrons. The highest BCUT2D eigenvalue weighted by atomic mass is 16.5. The van der Waals surface area contributed by atoms with Crippen LogP contribution in [0.25, 0.3) is 0 Å². The Hall–Kier alpha value is -1.28. The number of methoxy groups -OCH3 is 1. The summed E-state index contributed by atoms with van der Waals surface area (Å²) < 4.78 is 5.13. The molecule has 0 aromatic heterocycles. The fourth-order valence-corrected chi connectivity index (χ4v) is 2.13. The maximum absolute atomic E-state index is 5.84. The number of hydrogen-bond acceptors (Lipinski definition) is 2. The molecule has 1 aromatic carbocycles. The van der Waals surface area contributed by atoms with Gasteiger partial charge in [-0.2, -0.15) is 0 Å². The summed E-state index contributed by atoms with van der Waals surface area (Å²) in [6.45, 7) is 0. The molecule has 0 spiro atoms. The van der Waals surface area contributed by atoms with Crippen LogP contribution >= 0.6 is 0 Å². The molecule has 2 rings (SSSR count). The van der Waals surface area contributed by atoms with Gasteiger partial charge in [0.15, 0.2) is 0 Å². The summed E-state index contributed by atoms with van der Waals surface area (Å²) in [5.41, 5.74) is 8.72. The van der Waals surface area contributed by atoms with Gasteiger partial charge >= 0.3 is 0 Å². The Morgan fingerprint density at radius 2 is 2.00 bits per heavy atom. The number of aryl methyl sites for hydroxylation is 1. The first kappa shape index (κ1) is 11.2. The van der Waals surface area contributed by atoms with Crippen LogP contribution in [0.5, 0.6) is 5.75 Å². The van der Waals surface area contributed by atoms with E-state index in [1.807, 2.05) is 12.1 Å². The molecule has 2 heteroatoms. The lowest BCUT2D eigenvalue weighted by Crippen LogP contribution is -2.11. The summed E-state index contributed by atoms with van der Waals surface area (Å²) in [5.74, 6) is 0.922. The first-order chi connectivity index (χ1) is 7.78. The standard InChI is InChI=1S/C14H19NO/c1-16-14-8-5-11(6-9-14)2-3-12-4-7-13(15)10-12/h5-6,8-10,13H,2-4,7,15H2,1H3. The van der Waals surface area contributed by atoms with Crippen molar-refractivity contribution >= 4 is 0 Å². The minimum atomic E-state index is 0.297. The zero-order chi connectivity index (χ0) is 11.4. The predicted molar refractivity (Wildman–Crippen MR) is 66.6 cm³/mol. The summed E-state index contributed by atoms with van der Waals surface area (Å²) >= 11 is 0. The van der Waals surface area contributed by atoms with Gasteiger partial charge in [-0.3, -0.25) is 0 Å². The van der Waals surface area contributed by atoms with Gasteiger partial charge < -0.3 is 10.5 Å². The lowest BCUT2D eigenvalue weighted by atomic mass is 10.0. The molecule has 1 aliphatic carbocycles. The van der Waals surface area contributed by atoms with Crippen LogP contribution in [0, 0.1) is 0 Å². The van der Waals surface area contributed by atoms with Gasteiger partial charge in [-0.15, -0.1) is 0 Å². The second kappa shape index (κ2) is 5.17. The van der Waals surface area contributed by atoms with Crippen molar-refractivity contribution in [2.24, 2.45) is 5.73 Å². The number of allylic oxidation sites excluding steroid dienone is 1. The highest BCUT2D eigenvalue weighted by Gasteiger charge is 2.11. The van der Waals surface area contributed by atoms with Crippen molar-refractivity contribution < 1.29 is 4.74 Å². The van der Waals surface area contributed by atoms with Crippen molar-refractivity contribution in [2.45, 2.75) is 31.7 Å². The fraction of sp³-hybridized carbons (Fsp3) is 0.429. The number of hydrogen-bond donors (Lipinski definition) is 1. The molecule has 86 valence electrons. The highest BCUT2D eigenvalue weighted by Crippen LogP contribution is 2.22. The Bertz CT molecular complexity index is 367. The number of benzene rings is 1. The van der Waals surface area contributed by atoms with Crippen LogP contribution in [0.15, 0.2) is 35.9 Å². The predicted octanol–water partition coefficient (Wildman–Crippen LogP) is 2.68. The Morgan fingerprint density at radius 3 is 2.56 bits per heavy atom. The Kier molecular flexibility index (Phi) is 3.62. The molecule has 16 heavy (non-hydrogen) atoms. The van der Waals surface area contributed by atoms with Gasteiger partial charge in [0.1, 0.15) is 5.75 Å². The third kappa shape index (κ3) is 2.86. The summed E-state index contributed by atoms with van der Waals surface area (Å²) in [6, 6.07) is 8.60. The van der Waals surface area contributed by atoms with Crippen LogP contribution < -0.4 is 10.5 Å². The van der Waals surface area contributed by atoms with E-state index in [1.165, 1.54) is 17.6 Å². The summed E-state index contributed by atoms with van der Waals surface area (Å²) in [5, 5.41) is 0. The zero-order valence-electron chi connectivity index (χ0n) is 9.78. The van der Waals surface area contributed by atoms with Crippen LogP contribution in [-0.4, -0.2) is 13.2 Å². The average molecular weight is 217 g/mol. The van der Waals surface area contributed by atoms with Crippen molar-refractivity contribution in [3.8, 4) is 5.75 Å². The summed E-state index contributed by atoms with van der Waals surface area (Å²) in [4.78, 5) is 0. The molecule has 0 fully saturated rings. The van der Waals surface area contributed by atoms with Gasteiger partial charge in [-0.25, -0.2) is 0 Å². The molecule has 1 aliphatic rings. The van der Waals surface area contributed by atoms with Crippen molar-refractivity contribution in [2.75, 3.05) is 7.11 Å². The minimum absolute atomic E-state index is 0.297. The van der Waals surface area contributed by atoms with Crippen molar-refractivity contribution in [3.63, 3.8) is 0 Å². The maximum atomic E-state index is 5.84. The number of nitrogens with two attached hydrogens (primary N) is 1. The van der Waals surface area contributed by atoms with Crippen LogP contribution in [0.1, 0.15) is 24.8 Å². The van der Waals surface area contributed by atoms with Crippen molar-refractivity contribution in [3.05, 3.63) is 41.5 Å². The molecular formula is C14H19NO. The van der Waals surface area contributed by atoms with Gasteiger partial charge in [0.05, 0.1) is 7.11 Å². The first-order valence-electron chi connectivity index (χ1n) is 5.86. The van der Waals surface area contributed by atoms with Crippen LogP contribution in [-0.2, 0) is 6.42 Å². The Morgan fingerprint density at radius 1 is 1.25 bits per heavy atom. The third-order valence-electron chi connectivity index (χ3n) is 3.14. The quantitative estimate of drug-likeness (QED) is 0.787. The lowest BCUT2D eigenvalue weighted by Gasteiger charge is -2.04. The Labute approximate surface area is 97.1 Å². The monoisotopic (exact) mass is 217 g/mol. The molecule has 1 aromatic rings. The van der Waals surface area contributed by atoms with Crippen LogP contribution in [0.2, 0.25) is 0 Å². The highest BCUT2D eigenvalue weighted by molar-refractivity contribution is 5.28. The van der Waals surface area contributed by atoms with Crippen LogP contribution in [0.4, 0.5) is 0 Å². The van der Waals surface area contributed by atoms with E-state index in [2.05, 4.69) is 18.2 Å². The first-order valence-corrected chi connectivity index (χ1v) is 5.86. The molecule has 0 saturated heterocycles. The van der Waals surface area contributed by atoms with Crippen molar-refractivity contribution in [1.29, 1.82) is 0 Å². The van der Waals surface area contributed by atoms with E-state index in [4.69, 9.17) is 10.5 Å². The van der Waals surface area contributed by atoms with Crippen LogP contribution in [0.3, 0.4) is 0 Å². The lowest BCUT2D eigenvalue weighted by molar-refractivity contribution is 0.414.